The van der Waals surface area contributed by atoms with Crippen LogP contribution in [0, 0.1) is 16.0 Å². The number of para-hydroxylation sites is 1. The molecule has 4 heteroatoms. The largest absolute Gasteiger partial charge is 0.234 e. The van der Waals surface area contributed by atoms with Crippen LogP contribution in [0.1, 0.15) is 20.3 Å². The van der Waals surface area contributed by atoms with Crippen LogP contribution in [0.25, 0.3) is 0 Å². The van der Waals surface area contributed by atoms with Gasteiger partial charge in [0.05, 0.1) is 6.54 Å². The molecule has 0 bridgehead atoms. The average Bonchev–Trinajstić information content (AvgIpc) is 2.18. The van der Waals surface area contributed by atoms with Gasteiger partial charge >= 0.3 is 0 Å². The van der Waals surface area contributed by atoms with Crippen LogP contribution in [0.5, 0.6) is 0 Å². The van der Waals surface area contributed by atoms with E-state index in [0.717, 1.165) is 6.42 Å². The molecule has 15 heavy (non-hydrogen) atoms. The highest BCUT2D eigenvalue weighted by molar-refractivity contribution is 5.42. The van der Waals surface area contributed by atoms with Gasteiger partial charge in [-0.05, 0) is 24.5 Å². The monoisotopic (exact) mass is 208 g/mol. The van der Waals surface area contributed by atoms with E-state index >= 15 is 0 Å². The smallest absolute Gasteiger partial charge is 0.165 e. The molecule has 0 aliphatic rings. The minimum atomic E-state index is -0.349. The maximum atomic E-state index is 10.8. The second kappa shape index (κ2) is 5.34. The molecule has 4 nitrogen and oxygen atoms in total. The van der Waals surface area contributed by atoms with Gasteiger partial charge in [-0.3, -0.25) is 0 Å². The van der Waals surface area contributed by atoms with Crippen molar-refractivity contribution in [3.8, 4) is 0 Å². The van der Waals surface area contributed by atoms with Crippen LogP contribution in [-0.2, 0) is 0 Å². The summed E-state index contributed by atoms with van der Waals surface area (Å²) in [5.41, 5.74) is 0.642. The summed E-state index contributed by atoms with van der Waals surface area (Å²) in [5, 5.41) is 11.7. The van der Waals surface area contributed by atoms with Gasteiger partial charge in [-0.25, -0.2) is 10.1 Å². The third-order valence-corrected chi connectivity index (χ3v) is 2.17. The SMILES string of the molecule is CC(C)CCN(c1ccccc1)[N+](=O)[O-]. The highest BCUT2D eigenvalue weighted by atomic mass is 16.7. The zero-order chi connectivity index (χ0) is 11.3. The summed E-state index contributed by atoms with van der Waals surface area (Å²) in [5.74, 6) is 0.469. The average molecular weight is 208 g/mol. The van der Waals surface area contributed by atoms with Gasteiger partial charge in [-0.2, -0.15) is 0 Å². The first-order valence-electron chi connectivity index (χ1n) is 5.08. The second-order valence-electron chi connectivity index (χ2n) is 3.88. The summed E-state index contributed by atoms with van der Waals surface area (Å²) >= 11 is 0. The third-order valence-electron chi connectivity index (χ3n) is 2.17. The summed E-state index contributed by atoms with van der Waals surface area (Å²) in [6, 6.07) is 8.97. The normalized spacial score (nSPS) is 10.3. The second-order valence-corrected chi connectivity index (χ2v) is 3.88. The molecule has 0 radical (unpaired) electrons. The maximum Gasteiger partial charge on any atom is 0.165 e. The lowest BCUT2D eigenvalue weighted by Crippen LogP contribution is -2.31. The molecular formula is C11H16N2O2. The van der Waals surface area contributed by atoms with Crippen LogP contribution in [0.3, 0.4) is 0 Å². The molecule has 0 N–H and O–H groups in total. The van der Waals surface area contributed by atoms with E-state index in [1.165, 1.54) is 5.01 Å². The predicted octanol–water partition coefficient (Wildman–Crippen LogP) is 2.73. The fraction of sp³-hybridized carbons (Fsp3) is 0.455. The molecule has 0 unspecified atom stereocenters. The fourth-order valence-corrected chi connectivity index (χ4v) is 1.29. The Morgan fingerprint density at radius 2 is 1.93 bits per heavy atom. The van der Waals surface area contributed by atoms with Crippen LogP contribution in [-0.4, -0.2) is 11.6 Å². The van der Waals surface area contributed by atoms with Crippen molar-refractivity contribution in [2.24, 2.45) is 5.92 Å². The number of nitrogens with zero attached hydrogens (tertiary/aromatic N) is 2. The Morgan fingerprint density at radius 3 is 2.40 bits per heavy atom. The molecule has 0 fully saturated rings. The van der Waals surface area contributed by atoms with Gasteiger partial charge in [0.2, 0.25) is 0 Å². The van der Waals surface area contributed by atoms with E-state index in [2.05, 4.69) is 13.8 Å². The first-order chi connectivity index (χ1) is 7.11. The Morgan fingerprint density at radius 1 is 1.33 bits per heavy atom. The first-order valence-corrected chi connectivity index (χ1v) is 5.08. The molecule has 0 heterocycles. The van der Waals surface area contributed by atoms with Crippen LogP contribution >= 0.6 is 0 Å². The molecule has 0 atom stereocenters. The van der Waals surface area contributed by atoms with Gasteiger partial charge < -0.3 is 0 Å². The zero-order valence-corrected chi connectivity index (χ0v) is 9.09. The quantitative estimate of drug-likeness (QED) is 0.552. The number of hydrogen-bond donors (Lipinski definition) is 0. The minimum Gasteiger partial charge on any atom is -0.234 e. The number of hydrazine groups is 1. The van der Waals surface area contributed by atoms with E-state index in [-0.39, 0.29) is 5.03 Å². The Kier molecular flexibility index (Phi) is 4.09. The summed E-state index contributed by atoms with van der Waals surface area (Å²) in [6.45, 7) is 4.57. The van der Waals surface area contributed by atoms with Crippen LogP contribution in [0.4, 0.5) is 5.69 Å². The van der Waals surface area contributed by atoms with Crippen molar-refractivity contribution >= 4 is 5.69 Å². The van der Waals surface area contributed by atoms with Crippen molar-refractivity contribution < 1.29 is 5.03 Å². The molecule has 0 spiro atoms. The molecule has 0 aliphatic carbocycles. The summed E-state index contributed by atoms with van der Waals surface area (Å²) in [4.78, 5) is 10.8. The molecule has 1 rings (SSSR count). The molecular weight excluding hydrogens is 192 g/mol. The van der Waals surface area contributed by atoms with E-state index in [9.17, 15) is 10.1 Å². The topological polar surface area (TPSA) is 46.4 Å². The van der Waals surface area contributed by atoms with Gasteiger partial charge in [0, 0.05) is 0 Å². The molecule has 0 saturated heterocycles. The van der Waals surface area contributed by atoms with E-state index in [1.54, 1.807) is 24.3 Å². The Balaban J connectivity index is 2.71. The number of rotatable bonds is 5. The van der Waals surface area contributed by atoms with Crippen molar-refractivity contribution in [1.29, 1.82) is 0 Å². The lowest BCUT2D eigenvalue weighted by atomic mass is 10.1. The third kappa shape index (κ3) is 3.58. The molecule has 0 saturated carbocycles. The number of anilines is 1. The molecule has 0 aliphatic heterocycles. The Labute approximate surface area is 89.6 Å². The maximum absolute atomic E-state index is 10.8. The lowest BCUT2D eigenvalue weighted by molar-refractivity contribution is -0.494. The van der Waals surface area contributed by atoms with Gasteiger partial charge in [-0.15, -0.1) is 0 Å². The number of nitro groups is 1. The lowest BCUT2D eigenvalue weighted by Gasteiger charge is -2.14. The summed E-state index contributed by atoms with van der Waals surface area (Å²) in [6.07, 6.45) is 0.815. The predicted molar refractivity (Wildman–Crippen MR) is 60.2 cm³/mol. The zero-order valence-electron chi connectivity index (χ0n) is 9.09. The van der Waals surface area contributed by atoms with E-state index in [1.807, 2.05) is 6.07 Å². The van der Waals surface area contributed by atoms with Crippen LogP contribution < -0.4 is 5.01 Å². The van der Waals surface area contributed by atoms with Crippen molar-refractivity contribution in [2.75, 3.05) is 11.6 Å². The molecule has 0 amide bonds. The van der Waals surface area contributed by atoms with Crippen molar-refractivity contribution in [3.63, 3.8) is 0 Å². The number of benzene rings is 1. The standard InChI is InChI=1S/C11H16N2O2/c1-10(2)8-9-12(13(14)15)11-6-4-3-5-7-11/h3-7,10H,8-9H2,1-2H3. The van der Waals surface area contributed by atoms with Gasteiger partial charge in [0.1, 0.15) is 5.69 Å². The van der Waals surface area contributed by atoms with Crippen molar-refractivity contribution in [2.45, 2.75) is 20.3 Å². The van der Waals surface area contributed by atoms with Crippen LogP contribution in [0.2, 0.25) is 0 Å². The minimum absolute atomic E-state index is 0.349. The summed E-state index contributed by atoms with van der Waals surface area (Å²) in [7, 11) is 0. The van der Waals surface area contributed by atoms with Gasteiger partial charge in [0.15, 0.2) is 5.03 Å². The first kappa shape index (κ1) is 11.5. The van der Waals surface area contributed by atoms with Crippen LogP contribution in [0.15, 0.2) is 30.3 Å². The van der Waals surface area contributed by atoms with Gasteiger partial charge in [0.25, 0.3) is 0 Å². The van der Waals surface area contributed by atoms with E-state index in [4.69, 9.17) is 0 Å². The van der Waals surface area contributed by atoms with Crippen molar-refractivity contribution in [1.82, 2.24) is 0 Å². The molecule has 82 valence electrons. The molecule has 1 aromatic rings. The van der Waals surface area contributed by atoms with E-state index < -0.39 is 0 Å². The Hall–Kier alpha value is -1.58. The van der Waals surface area contributed by atoms with E-state index in [0.29, 0.717) is 18.2 Å². The molecule has 0 aromatic heterocycles. The van der Waals surface area contributed by atoms with Gasteiger partial charge in [-0.1, -0.05) is 37.1 Å². The summed E-state index contributed by atoms with van der Waals surface area (Å²) < 4.78 is 0. The Bertz CT molecular complexity index is 312. The highest BCUT2D eigenvalue weighted by Crippen LogP contribution is 2.14. The number of hydrogen-bond acceptors (Lipinski definition) is 2. The highest BCUT2D eigenvalue weighted by Gasteiger charge is 2.16. The fourth-order valence-electron chi connectivity index (χ4n) is 1.29. The van der Waals surface area contributed by atoms with Crippen molar-refractivity contribution in [3.05, 3.63) is 40.4 Å². The molecule has 1 aromatic carbocycles.